The molecular weight excluding hydrogens is 665 g/mol. The lowest BCUT2D eigenvalue weighted by atomic mass is 9.98. The van der Waals surface area contributed by atoms with Crippen molar-refractivity contribution in [3.63, 3.8) is 0 Å². The van der Waals surface area contributed by atoms with Crippen molar-refractivity contribution >= 4 is 35.0 Å². The van der Waals surface area contributed by atoms with Gasteiger partial charge in [-0.1, -0.05) is 59.6 Å². The average Bonchev–Trinajstić information content (AvgIpc) is 3.68. The zero-order chi connectivity index (χ0) is 34.5. The third-order valence-electron chi connectivity index (χ3n) is 9.21. The van der Waals surface area contributed by atoms with Gasteiger partial charge in [0, 0.05) is 67.3 Å². The van der Waals surface area contributed by atoms with E-state index >= 15 is 0 Å². The number of carbonyl (C=O) groups is 2. The molecule has 13 heteroatoms. The summed E-state index contributed by atoms with van der Waals surface area (Å²) in [6, 6.07) is 11.8. The van der Waals surface area contributed by atoms with Crippen molar-refractivity contribution in [3.8, 4) is 45.4 Å². The van der Waals surface area contributed by atoms with Crippen LogP contribution in [-0.2, 0) is 22.6 Å². The first-order valence-corrected chi connectivity index (χ1v) is 17.2. The summed E-state index contributed by atoms with van der Waals surface area (Å²) < 4.78 is 11.2. The molecule has 0 bridgehead atoms. The Morgan fingerprint density at radius 2 is 1.45 bits per heavy atom. The second-order valence-corrected chi connectivity index (χ2v) is 13.0. The SMILES string of the molecule is COc1nc(-c2cccc(-c3cccc(-c4cnc(CNC[C@@H]5CCC(=O)N5C)c(OC)n4)c3Cl)c2Cl)cnc1CCC[C@@H]1CCC(=O)N1. The number of nitrogens with zero attached hydrogens (tertiary/aromatic N) is 5. The van der Waals surface area contributed by atoms with Gasteiger partial charge >= 0.3 is 0 Å². The minimum atomic E-state index is 0.120. The Hall–Kier alpha value is -4.32. The lowest BCUT2D eigenvalue weighted by Crippen LogP contribution is -2.37. The highest BCUT2D eigenvalue weighted by molar-refractivity contribution is 6.39. The second kappa shape index (κ2) is 15.5. The molecule has 0 aliphatic carbocycles. The summed E-state index contributed by atoms with van der Waals surface area (Å²) in [4.78, 5) is 44.0. The number of aryl methyl sites for hydroxylation is 1. The van der Waals surface area contributed by atoms with Gasteiger partial charge in [-0.3, -0.25) is 19.6 Å². The molecule has 256 valence electrons. The van der Waals surface area contributed by atoms with Gasteiger partial charge in [0.1, 0.15) is 11.4 Å². The van der Waals surface area contributed by atoms with Crippen molar-refractivity contribution < 1.29 is 19.1 Å². The molecule has 2 aromatic carbocycles. The summed E-state index contributed by atoms with van der Waals surface area (Å²) in [5.41, 5.74) is 5.38. The number of carbonyl (C=O) groups excluding carboxylic acids is 2. The third kappa shape index (κ3) is 7.64. The summed E-state index contributed by atoms with van der Waals surface area (Å²) in [7, 11) is 4.98. The Morgan fingerprint density at radius 3 is 2.00 bits per heavy atom. The molecule has 11 nitrogen and oxygen atoms in total. The van der Waals surface area contributed by atoms with Crippen LogP contribution in [0, 0.1) is 0 Å². The van der Waals surface area contributed by atoms with Gasteiger partial charge in [0.15, 0.2) is 0 Å². The number of aromatic nitrogens is 4. The Morgan fingerprint density at radius 1 is 0.857 bits per heavy atom. The highest BCUT2D eigenvalue weighted by Crippen LogP contribution is 2.42. The standard InChI is InChI=1S/C36H39Cl2N7O4/c1-45-22(14-16-32(45)47)17-39-18-30-36(49-3)44-29(20-41-30)26-11-6-9-24(34(26)38)23-8-5-10-25(33(23)37)28-19-40-27(35(43-28)48-2)12-4-7-21-13-15-31(46)42-21/h5-6,8-11,19-22,39H,4,7,12-18H2,1-3H3,(H,42,46)/t21-,22+/m1/s1. The van der Waals surface area contributed by atoms with Crippen LogP contribution in [-0.4, -0.2) is 76.5 Å². The van der Waals surface area contributed by atoms with Gasteiger partial charge in [-0.15, -0.1) is 0 Å². The molecule has 0 radical (unpaired) electrons. The topological polar surface area (TPSA) is 131 Å². The van der Waals surface area contributed by atoms with Crippen LogP contribution in [0.4, 0.5) is 0 Å². The fourth-order valence-corrected chi connectivity index (χ4v) is 7.07. The number of nitrogens with one attached hydrogen (secondary N) is 2. The molecule has 2 fully saturated rings. The van der Waals surface area contributed by atoms with Gasteiger partial charge in [0.05, 0.1) is 48.0 Å². The van der Waals surface area contributed by atoms with E-state index in [9.17, 15) is 9.59 Å². The molecule has 2 aromatic heterocycles. The summed E-state index contributed by atoms with van der Waals surface area (Å²) in [6.45, 7) is 1.10. The van der Waals surface area contributed by atoms with Gasteiger partial charge in [0.25, 0.3) is 0 Å². The molecule has 6 rings (SSSR count). The summed E-state index contributed by atoms with van der Waals surface area (Å²) in [6.07, 6.45) is 8.70. The van der Waals surface area contributed by atoms with Crippen molar-refractivity contribution in [2.75, 3.05) is 27.8 Å². The normalized spacial score (nSPS) is 17.4. The van der Waals surface area contributed by atoms with Crippen molar-refractivity contribution in [2.24, 2.45) is 0 Å². The molecule has 2 saturated heterocycles. The molecule has 4 heterocycles. The fraction of sp³-hybridized carbons (Fsp3) is 0.389. The van der Waals surface area contributed by atoms with Crippen molar-refractivity contribution in [2.45, 2.75) is 63.6 Å². The number of amides is 2. The highest BCUT2D eigenvalue weighted by Gasteiger charge is 2.27. The maximum atomic E-state index is 11.9. The Balaban J connectivity index is 1.20. The summed E-state index contributed by atoms with van der Waals surface area (Å²) >= 11 is 14.1. The molecule has 2 atom stereocenters. The number of halogens is 2. The van der Waals surface area contributed by atoms with Gasteiger partial charge in [-0.2, -0.15) is 0 Å². The van der Waals surface area contributed by atoms with Crippen LogP contribution >= 0.6 is 23.2 Å². The number of likely N-dealkylation sites (N-methyl/N-ethyl adjacent to an activating group) is 1. The van der Waals surface area contributed by atoms with Crippen LogP contribution in [0.2, 0.25) is 10.0 Å². The fourth-order valence-electron chi connectivity index (χ4n) is 6.42. The van der Waals surface area contributed by atoms with Crippen LogP contribution in [0.1, 0.15) is 49.9 Å². The van der Waals surface area contributed by atoms with Crippen LogP contribution in [0.25, 0.3) is 33.6 Å². The van der Waals surface area contributed by atoms with E-state index in [2.05, 4.69) is 20.6 Å². The highest BCUT2D eigenvalue weighted by atomic mass is 35.5. The average molecular weight is 705 g/mol. The maximum absolute atomic E-state index is 11.9. The molecule has 2 aliphatic heterocycles. The Bertz CT molecular complexity index is 1860. The van der Waals surface area contributed by atoms with E-state index in [1.807, 2.05) is 43.4 Å². The largest absolute Gasteiger partial charge is 0.480 e. The lowest BCUT2D eigenvalue weighted by Gasteiger charge is -2.20. The molecule has 4 aromatic rings. The Labute approximate surface area is 295 Å². The molecule has 2 aliphatic rings. The number of methoxy groups -OCH3 is 2. The van der Waals surface area contributed by atoms with E-state index in [4.69, 9.17) is 42.6 Å². The van der Waals surface area contributed by atoms with E-state index in [0.29, 0.717) is 82.4 Å². The van der Waals surface area contributed by atoms with Crippen LogP contribution in [0.15, 0.2) is 48.8 Å². The number of benzene rings is 2. The molecule has 2 amide bonds. The Kier molecular flexibility index (Phi) is 10.9. The number of rotatable bonds is 13. The number of ether oxygens (including phenoxy) is 2. The smallest absolute Gasteiger partial charge is 0.237 e. The zero-order valence-electron chi connectivity index (χ0n) is 27.8. The predicted molar refractivity (Wildman–Crippen MR) is 189 cm³/mol. The zero-order valence-corrected chi connectivity index (χ0v) is 29.3. The van der Waals surface area contributed by atoms with E-state index in [1.54, 1.807) is 31.5 Å². The number of likely N-dealkylation sites (tertiary alicyclic amines) is 1. The van der Waals surface area contributed by atoms with Crippen LogP contribution in [0.3, 0.4) is 0 Å². The third-order valence-corrected chi connectivity index (χ3v) is 10.0. The van der Waals surface area contributed by atoms with Crippen molar-refractivity contribution in [3.05, 3.63) is 70.2 Å². The first kappa shape index (κ1) is 34.5. The van der Waals surface area contributed by atoms with Gasteiger partial charge < -0.3 is 25.0 Å². The summed E-state index contributed by atoms with van der Waals surface area (Å²) in [5.74, 6) is 1.13. The molecule has 0 saturated carbocycles. The molecule has 2 N–H and O–H groups in total. The number of hydrogen-bond donors (Lipinski definition) is 2. The minimum Gasteiger partial charge on any atom is -0.480 e. The molecular formula is C36H39Cl2N7O4. The van der Waals surface area contributed by atoms with Gasteiger partial charge in [-0.25, -0.2) is 9.97 Å². The molecule has 49 heavy (non-hydrogen) atoms. The van der Waals surface area contributed by atoms with Crippen LogP contribution < -0.4 is 20.1 Å². The lowest BCUT2D eigenvalue weighted by molar-refractivity contribution is -0.127. The first-order valence-electron chi connectivity index (χ1n) is 16.4. The van der Waals surface area contributed by atoms with Crippen molar-refractivity contribution in [1.82, 2.24) is 35.5 Å². The van der Waals surface area contributed by atoms with Crippen LogP contribution in [0.5, 0.6) is 11.8 Å². The maximum Gasteiger partial charge on any atom is 0.237 e. The first-order chi connectivity index (χ1) is 23.8. The second-order valence-electron chi connectivity index (χ2n) is 12.3. The van der Waals surface area contributed by atoms with E-state index < -0.39 is 0 Å². The van der Waals surface area contributed by atoms with Gasteiger partial charge in [0.2, 0.25) is 23.6 Å². The summed E-state index contributed by atoms with van der Waals surface area (Å²) in [5, 5.41) is 7.33. The van der Waals surface area contributed by atoms with Gasteiger partial charge in [-0.05, 0) is 32.1 Å². The van der Waals surface area contributed by atoms with Crippen molar-refractivity contribution in [1.29, 1.82) is 0 Å². The molecule has 0 unspecified atom stereocenters. The van der Waals surface area contributed by atoms with E-state index in [-0.39, 0.29) is 23.9 Å². The quantitative estimate of drug-likeness (QED) is 0.175. The molecule has 0 spiro atoms. The minimum absolute atomic E-state index is 0.120. The van der Waals surface area contributed by atoms with E-state index in [1.165, 1.54) is 0 Å². The van der Waals surface area contributed by atoms with E-state index in [0.717, 1.165) is 42.5 Å². The predicted octanol–water partition coefficient (Wildman–Crippen LogP) is 5.90. The monoisotopic (exact) mass is 703 g/mol. The number of hydrogen-bond acceptors (Lipinski definition) is 9.